The van der Waals surface area contributed by atoms with E-state index in [1.54, 1.807) is 42.3 Å². The van der Waals surface area contributed by atoms with Gasteiger partial charge < -0.3 is 15.0 Å². The molecule has 2 aliphatic rings. The number of hydrogen-bond acceptors (Lipinski definition) is 4. The summed E-state index contributed by atoms with van der Waals surface area (Å²) in [5.41, 5.74) is 2.13. The van der Waals surface area contributed by atoms with Gasteiger partial charge in [-0.2, -0.15) is 0 Å². The molecule has 7 nitrogen and oxygen atoms in total. The van der Waals surface area contributed by atoms with Crippen LogP contribution in [0.3, 0.4) is 0 Å². The van der Waals surface area contributed by atoms with Crippen LogP contribution in [-0.2, 0) is 9.59 Å². The zero-order valence-corrected chi connectivity index (χ0v) is 17.8. The van der Waals surface area contributed by atoms with E-state index < -0.39 is 6.04 Å². The van der Waals surface area contributed by atoms with Crippen molar-refractivity contribution in [2.75, 3.05) is 17.3 Å². The normalized spacial score (nSPS) is 19.2. The first kappa shape index (κ1) is 20.9. The van der Waals surface area contributed by atoms with Crippen molar-refractivity contribution in [1.29, 1.82) is 0 Å². The maximum atomic E-state index is 13.3. The Bertz CT molecular complexity index is 983. The minimum atomic E-state index is -0.797. The molecule has 1 N–H and O–H groups in total. The summed E-state index contributed by atoms with van der Waals surface area (Å²) in [6.45, 7) is 1.92. The Kier molecular flexibility index (Phi) is 5.93. The predicted octanol–water partition coefficient (Wildman–Crippen LogP) is 4.11. The van der Waals surface area contributed by atoms with Crippen LogP contribution in [0.4, 0.5) is 16.2 Å². The first-order valence-electron chi connectivity index (χ1n) is 10.6. The van der Waals surface area contributed by atoms with Crippen molar-refractivity contribution in [3.05, 3.63) is 54.1 Å². The van der Waals surface area contributed by atoms with Crippen LogP contribution < -0.4 is 15.0 Å². The predicted molar refractivity (Wildman–Crippen MR) is 118 cm³/mol. The molecule has 2 aromatic rings. The van der Waals surface area contributed by atoms with Gasteiger partial charge in [0.25, 0.3) is 5.91 Å². The molecule has 0 unspecified atom stereocenters. The third-order valence-electron chi connectivity index (χ3n) is 5.98. The number of aryl methyl sites for hydroxylation is 1. The van der Waals surface area contributed by atoms with E-state index >= 15 is 0 Å². The van der Waals surface area contributed by atoms with Gasteiger partial charge in [-0.15, -0.1) is 0 Å². The SMILES string of the molecule is COc1ccc(NC(=O)C[C@H]2C(=O)N(c3cccc(C)c3)C(=O)N2C2CCCC2)cc1. The molecule has 2 fully saturated rings. The number of hydrogen-bond donors (Lipinski definition) is 1. The second-order valence-electron chi connectivity index (χ2n) is 8.14. The van der Waals surface area contributed by atoms with E-state index in [4.69, 9.17) is 4.74 Å². The van der Waals surface area contributed by atoms with Crippen molar-refractivity contribution in [2.24, 2.45) is 0 Å². The maximum absolute atomic E-state index is 13.3. The Labute approximate surface area is 182 Å². The van der Waals surface area contributed by atoms with Crippen LogP contribution in [-0.4, -0.2) is 41.9 Å². The molecule has 0 bridgehead atoms. The minimum absolute atomic E-state index is 0.00922. The van der Waals surface area contributed by atoms with Gasteiger partial charge in [0.1, 0.15) is 11.8 Å². The highest BCUT2D eigenvalue weighted by Gasteiger charge is 2.49. The van der Waals surface area contributed by atoms with Crippen LogP contribution in [0.15, 0.2) is 48.5 Å². The number of benzene rings is 2. The van der Waals surface area contributed by atoms with Crippen molar-refractivity contribution in [3.63, 3.8) is 0 Å². The fraction of sp³-hybridized carbons (Fsp3) is 0.375. The van der Waals surface area contributed by atoms with Crippen molar-refractivity contribution < 1.29 is 19.1 Å². The number of methoxy groups -OCH3 is 1. The number of nitrogens with one attached hydrogen (secondary N) is 1. The van der Waals surface area contributed by atoms with E-state index in [-0.39, 0.29) is 30.3 Å². The highest BCUT2D eigenvalue weighted by Crippen LogP contribution is 2.34. The quantitative estimate of drug-likeness (QED) is 0.712. The smallest absolute Gasteiger partial charge is 0.332 e. The molecule has 2 aromatic carbocycles. The summed E-state index contributed by atoms with van der Waals surface area (Å²) >= 11 is 0. The lowest BCUT2D eigenvalue weighted by Crippen LogP contribution is -2.43. The molecule has 7 heteroatoms. The number of urea groups is 1. The Morgan fingerprint density at radius 2 is 1.81 bits per heavy atom. The van der Waals surface area contributed by atoms with Gasteiger partial charge in [-0.25, -0.2) is 9.69 Å². The van der Waals surface area contributed by atoms with Gasteiger partial charge in [-0.05, 0) is 61.7 Å². The molecule has 1 heterocycles. The van der Waals surface area contributed by atoms with Crippen molar-refractivity contribution in [2.45, 2.75) is 51.1 Å². The number of nitrogens with zero attached hydrogens (tertiary/aromatic N) is 2. The van der Waals surface area contributed by atoms with E-state index in [1.165, 1.54) is 4.90 Å². The summed E-state index contributed by atoms with van der Waals surface area (Å²) in [5.74, 6) is 0.0496. The minimum Gasteiger partial charge on any atom is -0.497 e. The van der Waals surface area contributed by atoms with Crippen LogP contribution in [0, 0.1) is 6.92 Å². The van der Waals surface area contributed by atoms with Crippen LogP contribution in [0.5, 0.6) is 5.75 Å². The van der Waals surface area contributed by atoms with Gasteiger partial charge in [0.2, 0.25) is 5.91 Å². The Hall–Kier alpha value is -3.35. The summed E-state index contributed by atoms with van der Waals surface area (Å²) < 4.78 is 5.13. The molecule has 0 radical (unpaired) electrons. The average molecular weight is 421 g/mol. The number of amides is 4. The molecule has 1 aliphatic heterocycles. The van der Waals surface area contributed by atoms with E-state index in [0.717, 1.165) is 31.2 Å². The van der Waals surface area contributed by atoms with Gasteiger partial charge >= 0.3 is 6.03 Å². The largest absolute Gasteiger partial charge is 0.497 e. The second-order valence-corrected chi connectivity index (χ2v) is 8.14. The molecule has 0 spiro atoms. The number of anilines is 2. The van der Waals surface area contributed by atoms with E-state index in [9.17, 15) is 14.4 Å². The Morgan fingerprint density at radius 1 is 1.10 bits per heavy atom. The molecular weight excluding hydrogens is 394 g/mol. The lowest BCUT2D eigenvalue weighted by atomic mass is 10.1. The summed E-state index contributed by atoms with van der Waals surface area (Å²) in [4.78, 5) is 42.3. The monoisotopic (exact) mass is 421 g/mol. The highest BCUT2D eigenvalue weighted by atomic mass is 16.5. The van der Waals surface area contributed by atoms with Crippen molar-refractivity contribution in [3.8, 4) is 5.75 Å². The standard InChI is InChI=1S/C24H27N3O4/c1-16-6-5-9-19(14-16)27-23(29)21(26(24(27)30)18-7-3-4-8-18)15-22(28)25-17-10-12-20(31-2)13-11-17/h5-6,9-14,18,21H,3-4,7-8,15H2,1-2H3,(H,25,28)/t21-/m0/s1. The summed E-state index contributed by atoms with van der Waals surface area (Å²) in [6, 6.07) is 13.2. The van der Waals surface area contributed by atoms with E-state index in [1.807, 2.05) is 25.1 Å². The molecule has 1 saturated carbocycles. The van der Waals surface area contributed by atoms with Gasteiger partial charge in [0.15, 0.2) is 0 Å². The fourth-order valence-corrected chi connectivity index (χ4v) is 4.46. The number of imide groups is 1. The van der Waals surface area contributed by atoms with E-state index in [0.29, 0.717) is 17.1 Å². The van der Waals surface area contributed by atoms with Crippen LogP contribution in [0.25, 0.3) is 0 Å². The molecule has 1 aliphatic carbocycles. The number of carbonyl (C=O) groups excluding carboxylic acids is 3. The van der Waals surface area contributed by atoms with Crippen LogP contribution in [0.1, 0.15) is 37.7 Å². The zero-order valence-electron chi connectivity index (χ0n) is 17.8. The van der Waals surface area contributed by atoms with Crippen LogP contribution >= 0.6 is 0 Å². The Balaban J connectivity index is 1.56. The summed E-state index contributed by atoms with van der Waals surface area (Å²) in [5, 5.41) is 2.83. The molecular formula is C24H27N3O4. The summed E-state index contributed by atoms with van der Waals surface area (Å²) in [6.07, 6.45) is 3.69. The number of carbonyl (C=O) groups is 3. The molecule has 0 aromatic heterocycles. The maximum Gasteiger partial charge on any atom is 0.332 e. The first-order valence-corrected chi connectivity index (χ1v) is 10.6. The molecule has 162 valence electrons. The topological polar surface area (TPSA) is 79.0 Å². The summed E-state index contributed by atoms with van der Waals surface area (Å²) in [7, 11) is 1.58. The van der Waals surface area contributed by atoms with Crippen LogP contribution in [0.2, 0.25) is 0 Å². The first-order chi connectivity index (χ1) is 15.0. The fourth-order valence-electron chi connectivity index (χ4n) is 4.46. The lowest BCUT2D eigenvalue weighted by Gasteiger charge is -2.27. The highest BCUT2D eigenvalue weighted by molar-refractivity contribution is 6.22. The van der Waals surface area contributed by atoms with Crippen molar-refractivity contribution >= 4 is 29.2 Å². The Morgan fingerprint density at radius 3 is 2.45 bits per heavy atom. The van der Waals surface area contributed by atoms with Gasteiger partial charge in [-0.3, -0.25) is 9.59 Å². The number of rotatable bonds is 6. The van der Waals surface area contributed by atoms with Gasteiger partial charge in [-0.1, -0.05) is 25.0 Å². The lowest BCUT2D eigenvalue weighted by molar-refractivity contribution is -0.124. The zero-order chi connectivity index (χ0) is 22.0. The number of ether oxygens (including phenoxy) is 1. The third-order valence-corrected chi connectivity index (χ3v) is 5.98. The van der Waals surface area contributed by atoms with Gasteiger partial charge in [0, 0.05) is 11.7 Å². The molecule has 1 saturated heterocycles. The molecule has 31 heavy (non-hydrogen) atoms. The van der Waals surface area contributed by atoms with Gasteiger partial charge in [0.05, 0.1) is 19.2 Å². The average Bonchev–Trinajstić information content (AvgIpc) is 3.35. The second kappa shape index (κ2) is 8.79. The molecule has 1 atom stereocenters. The van der Waals surface area contributed by atoms with Crippen molar-refractivity contribution in [1.82, 2.24) is 4.90 Å². The van der Waals surface area contributed by atoms with E-state index in [2.05, 4.69) is 5.32 Å². The molecule has 4 rings (SSSR count). The third kappa shape index (κ3) is 4.26. The molecule has 4 amide bonds.